The normalized spacial score (nSPS) is 11.8. The molecule has 0 amide bonds. The summed E-state index contributed by atoms with van der Waals surface area (Å²) in [5.74, 6) is -2.47. The van der Waals surface area contributed by atoms with E-state index in [1.54, 1.807) is 0 Å². The lowest BCUT2D eigenvalue weighted by Crippen LogP contribution is -2.08. The van der Waals surface area contributed by atoms with Crippen LogP contribution in [0, 0.1) is 5.82 Å². The smallest absolute Gasteiger partial charge is 0.344 e. The summed E-state index contributed by atoms with van der Waals surface area (Å²) in [4.78, 5) is 10.6. The van der Waals surface area contributed by atoms with Crippen molar-refractivity contribution in [3.8, 4) is 0 Å². The summed E-state index contributed by atoms with van der Waals surface area (Å²) < 4.78 is 54.0. The predicted octanol–water partition coefficient (Wildman–Crippen LogP) is 3.55. The number of hydrogen-bond donors (Lipinski definition) is 0. The minimum Gasteiger partial charge on any atom is -0.344 e. The van der Waals surface area contributed by atoms with Gasteiger partial charge in [0.15, 0.2) is 0 Å². The van der Waals surface area contributed by atoms with E-state index in [0.717, 1.165) is 18.2 Å². The number of hydrogen-bond acceptors (Lipinski definition) is 2. The highest BCUT2D eigenvalue weighted by Gasteiger charge is 2.34. The van der Waals surface area contributed by atoms with Crippen LogP contribution in [0.2, 0.25) is 0 Å². The maximum atomic E-state index is 13.4. The summed E-state index contributed by atoms with van der Waals surface area (Å²) in [6.45, 7) is 0. The number of carbonyl (C=O) groups excluding carboxylic acids is 1. The Balaban J connectivity index is 3.12. The second-order valence-electron chi connectivity index (χ2n) is 2.94. The molecule has 1 rings (SSSR count). The number of benzene rings is 1. The molecule has 0 aromatic heterocycles. The van der Waals surface area contributed by atoms with Crippen molar-refractivity contribution >= 4 is 23.9 Å². The molecule has 0 heterocycles. The SMILES string of the molecule is O=C(/C=C/c1cccc(C(F)(F)F)c1F)OCl. The van der Waals surface area contributed by atoms with Crippen LogP contribution >= 0.6 is 11.9 Å². The summed E-state index contributed by atoms with van der Waals surface area (Å²) in [5.41, 5.74) is -1.79. The maximum Gasteiger partial charge on any atom is 0.419 e. The summed E-state index contributed by atoms with van der Waals surface area (Å²) in [6.07, 6.45) is -3.23. The lowest BCUT2D eigenvalue weighted by molar-refractivity contribution is -0.140. The van der Waals surface area contributed by atoms with Gasteiger partial charge in [0.05, 0.1) is 5.56 Å². The first-order chi connectivity index (χ1) is 7.86. The minimum atomic E-state index is -4.79. The molecule has 0 fully saturated rings. The molecule has 1 aromatic carbocycles. The monoisotopic (exact) mass is 268 g/mol. The first-order valence-electron chi connectivity index (χ1n) is 4.22. The Morgan fingerprint density at radius 1 is 1.35 bits per heavy atom. The van der Waals surface area contributed by atoms with Crippen LogP contribution < -0.4 is 0 Å². The van der Waals surface area contributed by atoms with Gasteiger partial charge in [-0.15, -0.1) is 0 Å². The van der Waals surface area contributed by atoms with E-state index in [1.807, 2.05) is 0 Å². The van der Waals surface area contributed by atoms with Crippen molar-refractivity contribution in [3.05, 3.63) is 41.2 Å². The van der Waals surface area contributed by atoms with Gasteiger partial charge < -0.3 is 4.29 Å². The standard InChI is InChI=1S/C10H5ClF4O2/c11-17-8(16)5-4-6-2-1-3-7(9(6)12)10(13,14)15/h1-5H/b5-4+. The van der Waals surface area contributed by atoms with Crippen LogP contribution in [0.4, 0.5) is 17.6 Å². The fourth-order valence-corrected chi connectivity index (χ4v) is 1.13. The first kappa shape index (κ1) is 13.5. The van der Waals surface area contributed by atoms with Gasteiger partial charge in [0, 0.05) is 11.6 Å². The zero-order valence-electron chi connectivity index (χ0n) is 8.09. The molecular weight excluding hydrogens is 264 g/mol. The average molecular weight is 269 g/mol. The van der Waals surface area contributed by atoms with Crippen molar-refractivity contribution in [2.45, 2.75) is 6.18 Å². The van der Waals surface area contributed by atoms with Crippen molar-refractivity contribution in [3.63, 3.8) is 0 Å². The van der Waals surface area contributed by atoms with Crippen molar-refractivity contribution in [2.75, 3.05) is 0 Å². The molecule has 0 N–H and O–H groups in total. The van der Waals surface area contributed by atoms with E-state index in [4.69, 9.17) is 0 Å². The number of halogens is 5. The molecule has 2 nitrogen and oxygen atoms in total. The van der Waals surface area contributed by atoms with Gasteiger partial charge in [-0.2, -0.15) is 13.2 Å². The Morgan fingerprint density at radius 2 is 2.00 bits per heavy atom. The van der Waals surface area contributed by atoms with E-state index in [0.29, 0.717) is 12.1 Å². The lowest BCUT2D eigenvalue weighted by atomic mass is 10.1. The quantitative estimate of drug-likeness (QED) is 0.606. The van der Waals surface area contributed by atoms with Gasteiger partial charge in [0.2, 0.25) is 0 Å². The summed E-state index contributed by atoms with van der Waals surface area (Å²) in [6, 6.07) is 2.72. The van der Waals surface area contributed by atoms with E-state index in [9.17, 15) is 22.4 Å². The summed E-state index contributed by atoms with van der Waals surface area (Å²) in [7, 11) is 0. The van der Waals surface area contributed by atoms with Crippen molar-refractivity contribution < 1.29 is 26.6 Å². The Kier molecular flexibility index (Phi) is 4.11. The molecule has 0 atom stereocenters. The number of carbonyl (C=O) groups is 1. The predicted molar refractivity (Wildman–Crippen MR) is 52.4 cm³/mol. The number of alkyl halides is 3. The molecular formula is C10H5ClF4O2. The van der Waals surface area contributed by atoms with Crippen LogP contribution in [0.25, 0.3) is 6.08 Å². The van der Waals surface area contributed by atoms with Gasteiger partial charge in [0.1, 0.15) is 17.7 Å². The zero-order valence-corrected chi connectivity index (χ0v) is 8.85. The number of rotatable bonds is 2. The molecule has 1 aromatic rings. The molecule has 0 spiro atoms. The third-order valence-corrected chi connectivity index (χ3v) is 1.96. The van der Waals surface area contributed by atoms with Gasteiger partial charge >= 0.3 is 12.1 Å². The van der Waals surface area contributed by atoms with Gasteiger partial charge in [-0.25, -0.2) is 9.18 Å². The molecule has 92 valence electrons. The average Bonchev–Trinajstić information content (AvgIpc) is 2.25. The molecule has 0 aliphatic carbocycles. The van der Waals surface area contributed by atoms with Crippen LogP contribution in [0.5, 0.6) is 0 Å². The van der Waals surface area contributed by atoms with E-state index in [1.165, 1.54) is 0 Å². The molecule has 0 radical (unpaired) electrons. The highest BCUT2D eigenvalue weighted by atomic mass is 35.5. The zero-order chi connectivity index (χ0) is 13.1. The summed E-state index contributed by atoms with van der Waals surface area (Å²) in [5, 5.41) is 0. The minimum absolute atomic E-state index is 0.387. The molecule has 0 saturated heterocycles. The Hall–Kier alpha value is -1.56. The third kappa shape index (κ3) is 3.45. The second kappa shape index (κ2) is 5.18. The van der Waals surface area contributed by atoms with Gasteiger partial charge in [0.25, 0.3) is 0 Å². The van der Waals surface area contributed by atoms with Crippen LogP contribution in [-0.4, -0.2) is 5.97 Å². The Labute approximate surface area is 98.6 Å². The maximum absolute atomic E-state index is 13.4. The van der Waals surface area contributed by atoms with E-state index in [2.05, 4.69) is 16.2 Å². The molecule has 0 aliphatic rings. The van der Waals surface area contributed by atoms with Gasteiger partial charge in [-0.05, 0) is 12.1 Å². The fourth-order valence-electron chi connectivity index (χ4n) is 1.08. The largest absolute Gasteiger partial charge is 0.419 e. The van der Waals surface area contributed by atoms with Crippen molar-refractivity contribution in [2.24, 2.45) is 0 Å². The molecule has 0 unspecified atom stereocenters. The molecule has 7 heteroatoms. The summed E-state index contributed by atoms with van der Waals surface area (Å²) >= 11 is 4.69. The molecule has 0 bridgehead atoms. The first-order valence-corrected chi connectivity index (χ1v) is 4.53. The topological polar surface area (TPSA) is 26.3 Å². The van der Waals surface area contributed by atoms with E-state index >= 15 is 0 Å². The third-order valence-electron chi connectivity index (χ3n) is 1.81. The Morgan fingerprint density at radius 3 is 2.53 bits per heavy atom. The van der Waals surface area contributed by atoms with Crippen LogP contribution in [0.3, 0.4) is 0 Å². The molecule has 17 heavy (non-hydrogen) atoms. The van der Waals surface area contributed by atoms with E-state index < -0.39 is 23.5 Å². The Bertz CT molecular complexity index is 454. The van der Waals surface area contributed by atoms with Gasteiger partial charge in [-0.3, -0.25) is 0 Å². The highest BCUT2D eigenvalue weighted by molar-refractivity contribution is 6.15. The van der Waals surface area contributed by atoms with Crippen LogP contribution in [0.15, 0.2) is 24.3 Å². The fraction of sp³-hybridized carbons (Fsp3) is 0.100. The molecule has 0 saturated carbocycles. The second-order valence-corrected chi connectivity index (χ2v) is 3.09. The lowest BCUT2D eigenvalue weighted by Gasteiger charge is -2.08. The van der Waals surface area contributed by atoms with E-state index in [-0.39, 0.29) is 5.56 Å². The van der Waals surface area contributed by atoms with Crippen LogP contribution in [0.1, 0.15) is 11.1 Å². The highest BCUT2D eigenvalue weighted by Crippen LogP contribution is 2.32. The van der Waals surface area contributed by atoms with Crippen molar-refractivity contribution in [1.29, 1.82) is 0 Å². The molecule has 0 aliphatic heterocycles. The van der Waals surface area contributed by atoms with Gasteiger partial charge in [-0.1, -0.05) is 12.1 Å². The van der Waals surface area contributed by atoms with Crippen molar-refractivity contribution in [1.82, 2.24) is 0 Å². The van der Waals surface area contributed by atoms with Crippen LogP contribution in [-0.2, 0) is 15.3 Å².